The molecule has 3 rings (SSSR count). The van der Waals surface area contributed by atoms with Gasteiger partial charge in [-0.1, -0.05) is 11.6 Å². The SMILES string of the molecule is COc1cc2c(CC(=O)O)c(C)n(Cc3csc(C#N)c3)c2cc1Cl. The Hall–Kier alpha value is -2.49. The molecule has 2 aromatic heterocycles. The maximum atomic E-state index is 11.3. The number of hydrogen-bond acceptors (Lipinski definition) is 4. The molecule has 0 saturated carbocycles. The van der Waals surface area contributed by atoms with Crippen LogP contribution in [0.4, 0.5) is 0 Å². The van der Waals surface area contributed by atoms with Crippen LogP contribution in [0.15, 0.2) is 23.6 Å². The molecule has 0 amide bonds. The fourth-order valence-corrected chi connectivity index (χ4v) is 3.91. The zero-order chi connectivity index (χ0) is 18.1. The number of nitriles is 1. The molecule has 0 atom stereocenters. The Morgan fingerprint density at radius 3 is 2.80 bits per heavy atom. The molecule has 1 N–H and O–H groups in total. The summed E-state index contributed by atoms with van der Waals surface area (Å²) in [7, 11) is 1.53. The second kappa shape index (κ2) is 6.79. The van der Waals surface area contributed by atoms with Gasteiger partial charge in [0.15, 0.2) is 0 Å². The predicted molar refractivity (Wildman–Crippen MR) is 97.7 cm³/mol. The summed E-state index contributed by atoms with van der Waals surface area (Å²) >= 11 is 7.67. The van der Waals surface area contributed by atoms with Crippen molar-refractivity contribution in [2.45, 2.75) is 19.9 Å². The lowest BCUT2D eigenvalue weighted by molar-refractivity contribution is -0.136. The fraction of sp³-hybridized carbons (Fsp3) is 0.222. The van der Waals surface area contributed by atoms with E-state index in [-0.39, 0.29) is 6.42 Å². The summed E-state index contributed by atoms with van der Waals surface area (Å²) in [6.45, 7) is 2.44. The number of thiophene rings is 1. The summed E-state index contributed by atoms with van der Waals surface area (Å²) in [5, 5.41) is 21.5. The van der Waals surface area contributed by atoms with E-state index in [1.165, 1.54) is 18.4 Å². The van der Waals surface area contributed by atoms with Gasteiger partial charge in [-0.15, -0.1) is 11.3 Å². The van der Waals surface area contributed by atoms with Crippen LogP contribution in [0.5, 0.6) is 5.75 Å². The van der Waals surface area contributed by atoms with Crippen LogP contribution in [-0.2, 0) is 17.8 Å². The number of halogens is 1. The topological polar surface area (TPSA) is 75.2 Å². The first-order valence-corrected chi connectivity index (χ1v) is 8.74. The van der Waals surface area contributed by atoms with E-state index in [1.54, 1.807) is 12.1 Å². The average Bonchev–Trinajstić information content (AvgIpc) is 3.12. The van der Waals surface area contributed by atoms with Crippen LogP contribution in [0.1, 0.15) is 21.7 Å². The van der Waals surface area contributed by atoms with E-state index in [0.29, 0.717) is 22.2 Å². The monoisotopic (exact) mass is 374 g/mol. The number of carboxylic acids is 1. The Morgan fingerprint density at radius 2 is 2.20 bits per heavy atom. The van der Waals surface area contributed by atoms with Gasteiger partial charge < -0.3 is 14.4 Å². The van der Waals surface area contributed by atoms with Gasteiger partial charge in [-0.25, -0.2) is 0 Å². The Morgan fingerprint density at radius 1 is 1.44 bits per heavy atom. The van der Waals surface area contributed by atoms with Gasteiger partial charge in [0, 0.05) is 17.6 Å². The van der Waals surface area contributed by atoms with Crippen LogP contribution in [0.2, 0.25) is 5.02 Å². The Balaban J connectivity index is 2.19. The molecule has 0 unspecified atom stereocenters. The number of carboxylic acid groups (broad SMARTS) is 1. The number of carbonyl (C=O) groups is 1. The molecule has 2 heterocycles. The highest BCUT2D eigenvalue weighted by molar-refractivity contribution is 7.10. The number of rotatable bonds is 5. The molecule has 0 saturated heterocycles. The Bertz CT molecular complexity index is 1010. The summed E-state index contributed by atoms with van der Waals surface area (Å²) in [6, 6.07) is 7.56. The van der Waals surface area contributed by atoms with Crippen molar-refractivity contribution in [1.82, 2.24) is 4.57 Å². The average molecular weight is 375 g/mol. The van der Waals surface area contributed by atoms with E-state index in [4.69, 9.17) is 21.6 Å². The minimum atomic E-state index is -0.890. The maximum absolute atomic E-state index is 11.3. The van der Waals surface area contributed by atoms with Gasteiger partial charge in [0.1, 0.15) is 16.7 Å². The number of hydrogen-bond donors (Lipinski definition) is 1. The zero-order valence-electron chi connectivity index (χ0n) is 13.7. The molecule has 5 nitrogen and oxygen atoms in total. The van der Waals surface area contributed by atoms with E-state index in [2.05, 4.69) is 6.07 Å². The third-order valence-corrected chi connectivity index (χ3v) is 5.34. The van der Waals surface area contributed by atoms with Crippen LogP contribution < -0.4 is 4.74 Å². The summed E-state index contributed by atoms with van der Waals surface area (Å²) in [4.78, 5) is 11.9. The molecule has 7 heteroatoms. The molecule has 0 spiro atoms. The van der Waals surface area contributed by atoms with Crippen molar-refractivity contribution in [3.63, 3.8) is 0 Å². The highest BCUT2D eigenvalue weighted by Crippen LogP contribution is 2.35. The van der Waals surface area contributed by atoms with Gasteiger partial charge in [-0.3, -0.25) is 4.79 Å². The zero-order valence-corrected chi connectivity index (χ0v) is 15.2. The van der Waals surface area contributed by atoms with Crippen LogP contribution in [0, 0.1) is 18.3 Å². The molecule has 0 aliphatic carbocycles. The van der Waals surface area contributed by atoms with Crippen molar-refractivity contribution in [2.24, 2.45) is 0 Å². The Kier molecular flexibility index (Phi) is 4.71. The smallest absolute Gasteiger partial charge is 0.307 e. The molecule has 0 aliphatic rings. The lowest BCUT2D eigenvalue weighted by Crippen LogP contribution is -2.04. The van der Waals surface area contributed by atoms with Crippen molar-refractivity contribution in [1.29, 1.82) is 5.26 Å². The number of fused-ring (bicyclic) bond motifs is 1. The van der Waals surface area contributed by atoms with E-state index in [0.717, 1.165) is 27.7 Å². The third-order valence-electron chi connectivity index (χ3n) is 4.16. The lowest BCUT2D eigenvalue weighted by atomic mass is 10.1. The molecular formula is C18H15ClN2O3S. The van der Waals surface area contributed by atoms with Gasteiger partial charge in [0.2, 0.25) is 0 Å². The minimum Gasteiger partial charge on any atom is -0.495 e. The quantitative estimate of drug-likeness (QED) is 0.725. The molecule has 0 aliphatic heterocycles. The second-order valence-electron chi connectivity index (χ2n) is 5.66. The standard InChI is InChI=1S/C18H15ClN2O3S/c1-10-13(5-18(22)23)14-4-17(24-2)15(19)6-16(14)21(10)8-11-3-12(7-20)25-9-11/h3-4,6,9H,5,8H2,1-2H3,(H,22,23). The summed E-state index contributed by atoms with van der Waals surface area (Å²) in [5.41, 5.74) is 3.46. The summed E-state index contributed by atoms with van der Waals surface area (Å²) in [5.74, 6) is -0.376. The summed E-state index contributed by atoms with van der Waals surface area (Å²) < 4.78 is 7.31. The van der Waals surface area contributed by atoms with Crippen LogP contribution in [-0.4, -0.2) is 22.8 Å². The van der Waals surface area contributed by atoms with Crippen molar-refractivity contribution < 1.29 is 14.6 Å². The van der Waals surface area contributed by atoms with Crippen LogP contribution in [0.3, 0.4) is 0 Å². The number of aromatic nitrogens is 1. The van der Waals surface area contributed by atoms with Crippen LogP contribution >= 0.6 is 22.9 Å². The van der Waals surface area contributed by atoms with Gasteiger partial charge in [-0.05, 0) is 41.6 Å². The number of ether oxygens (including phenoxy) is 1. The molecular weight excluding hydrogens is 360 g/mol. The lowest BCUT2D eigenvalue weighted by Gasteiger charge is -2.08. The number of methoxy groups -OCH3 is 1. The second-order valence-corrected chi connectivity index (χ2v) is 6.97. The van der Waals surface area contributed by atoms with E-state index in [1.807, 2.05) is 22.9 Å². The number of benzene rings is 1. The maximum Gasteiger partial charge on any atom is 0.307 e. The number of aliphatic carboxylic acids is 1. The van der Waals surface area contributed by atoms with Gasteiger partial charge in [-0.2, -0.15) is 5.26 Å². The van der Waals surface area contributed by atoms with Gasteiger partial charge in [0.05, 0.1) is 24.1 Å². The highest BCUT2D eigenvalue weighted by atomic mass is 35.5. The fourth-order valence-electron chi connectivity index (χ4n) is 2.98. The molecule has 0 bridgehead atoms. The molecule has 3 aromatic rings. The molecule has 1 aromatic carbocycles. The first kappa shape index (κ1) is 17.3. The minimum absolute atomic E-state index is 0.0762. The van der Waals surface area contributed by atoms with Crippen LogP contribution in [0.25, 0.3) is 10.9 Å². The van der Waals surface area contributed by atoms with Gasteiger partial charge >= 0.3 is 5.97 Å². The Labute approximate surface area is 153 Å². The summed E-state index contributed by atoms with van der Waals surface area (Å²) in [6.07, 6.45) is -0.0762. The first-order valence-electron chi connectivity index (χ1n) is 7.49. The molecule has 0 radical (unpaired) electrons. The first-order chi connectivity index (χ1) is 11.9. The van der Waals surface area contributed by atoms with Crippen molar-refractivity contribution in [2.75, 3.05) is 7.11 Å². The van der Waals surface area contributed by atoms with Crippen molar-refractivity contribution >= 4 is 39.8 Å². The third kappa shape index (κ3) is 3.21. The van der Waals surface area contributed by atoms with Crippen molar-refractivity contribution in [3.8, 4) is 11.8 Å². The molecule has 0 fully saturated rings. The van der Waals surface area contributed by atoms with E-state index >= 15 is 0 Å². The van der Waals surface area contributed by atoms with E-state index in [9.17, 15) is 9.90 Å². The van der Waals surface area contributed by atoms with Crippen molar-refractivity contribution in [3.05, 3.63) is 50.3 Å². The molecule has 25 heavy (non-hydrogen) atoms. The van der Waals surface area contributed by atoms with E-state index < -0.39 is 5.97 Å². The predicted octanol–water partition coefficient (Wildman–Crippen LogP) is 4.22. The van der Waals surface area contributed by atoms with Gasteiger partial charge in [0.25, 0.3) is 0 Å². The highest BCUT2D eigenvalue weighted by Gasteiger charge is 2.19. The normalized spacial score (nSPS) is 10.8. The number of nitrogens with zero attached hydrogens (tertiary/aromatic N) is 2. The molecule has 128 valence electrons. The largest absolute Gasteiger partial charge is 0.495 e.